The van der Waals surface area contributed by atoms with Crippen molar-refractivity contribution in [3.63, 3.8) is 0 Å². The predicted octanol–water partition coefficient (Wildman–Crippen LogP) is 5.64. The van der Waals surface area contributed by atoms with E-state index in [2.05, 4.69) is 5.32 Å². The van der Waals surface area contributed by atoms with E-state index in [1.165, 1.54) is 24.3 Å². The monoisotopic (exact) mass is 405 g/mol. The summed E-state index contributed by atoms with van der Waals surface area (Å²) in [5.74, 6) is -0.212. The van der Waals surface area contributed by atoms with Crippen LogP contribution < -0.4 is 5.32 Å². The molecule has 0 aromatic heterocycles. The number of rotatable bonds is 3. The Balaban J connectivity index is 1.86. The van der Waals surface area contributed by atoms with Crippen LogP contribution in [0.4, 0.5) is 17.1 Å². The Labute approximate surface area is 163 Å². The largest absolute Gasteiger partial charge is 0.376 e. The van der Waals surface area contributed by atoms with Crippen LogP contribution in [0.15, 0.2) is 42.5 Å². The van der Waals surface area contributed by atoms with Crippen molar-refractivity contribution in [3.05, 3.63) is 83.9 Å². The number of benzene rings is 2. The molecule has 2 aliphatic rings. The summed E-state index contributed by atoms with van der Waals surface area (Å²) in [6.07, 6.45) is 4.63. The van der Waals surface area contributed by atoms with Gasteiger partial charge in [0.25, 0.3) is 11.4 Å². The third-order valence-corrected chi connectivity index (χ3v) is 5.80. The van der Waals surface area contributed by atoms with Gasteiger partial charge in [0.2, 0.25) is 0 Å². The summed E-state index contributed by atoms with van der Waals surface area (Å²) in [4.78, 5) is 21.8. The summed E-state index contributed by atoms with van der Waals surface area (Å²) in [5.41, 5.74) is 1.60. The van der Waals surface area contributed by atoms with Gasteiger partial charge in [0.05, 0.1) is 32.2 Å². The molecule has 3 atom stereocenters. The Morgan fingerprint density at radius 3 is 2.41 bits per heavy atom. The molecule has 0 fully saturated rings. The van der Waals surface area contributed by atoms with Crippen molar-refractivity contribution in [3.8, 4) is 0 Å². The van der Waals surface area contributed by atoms with Gasteiger partial charge in [-0.25, -0.2) is 0 Å². The molecule has 138 valence electrons. The third-order valence-electron chi connectivity index (χ3n) is 5.17. The van der Waals surface area contributed by atoms with Crippen molar-refractivity contribution in [1.29, 1.82) is 0 Å². The van der Waals surface area contributed by atoms with Gasteiger partial charge in [-0.2, -0.15) is 0 Å². The Morgan fingerprint density at radius 2 is 1.70 bits per heavy atom. The molecule has 0 bridgehead atoms. The highest BCUT2D eigenvalue weighted by molar-refractivity contribution is 6.33. The maximum Gasteiger partial charge on any atom is 0.288 e. The first-order chi connectivity index (χ1) is 12.9. The van der Waals surface area contributed by atoms with Gasteiger partial charge in [0.1, 0.15) is 5.02 Å². The van der Waals surface area contributed by atoms with Crippen molar-refractivity contribution < 1.29 is 9.85 Å². The van der Waals surface area contributed by atoms with Crippen LogP contribution in [0, 0.1) is 26.1 Å². The molecule has 27 heavy (non-hydrogen) atoms. The molecule has 7 nitrogen and oxygen atoms in total. The average Bonchev–Trinajstić information content (AvgIpc) is 3.11. The molecular weight excluding hydrogens is 393 g/mol. The Hall–Kier alpha value is -2.64. The SMILES string of the molecule is O=[N+]([O-])c1cc([C@@H]2Nc3c(Cl)ccc([N+](=O)[O-])c3[C@H]3C=CC[C@H]32)ccc1Cl. The van der Waals surface area contributed by atoms with E-state index < -0.39 is 9.85 Å². The van der Waals surface area contributed by atoms with E-state index in [1.807, 2.05) is 12.2 Å². The third kappa shape index (κ3) is 2.83. The minimum Gasteiger partial charge on any atom is -0.376 e. The molecule has 9 heteroatoms. The Kier molecular flexibility index (Phi) is 4.28. The van der Waals surface area contributed by atoms with Gasteiger partial charge in [-0.3, -0.25) is 20.2 Å². The summed E-state index contributed by atoms with van der Waals surface area (Å²) in [7, 11) is 0. The lowest BCUT2D eigenvalue weighted by Crippen LogP contribution is -2.30. The molecule has 0 spiro atoms. The van der Waals surface area contributed by atoms with Crippen LogP contribution in [0.1, 0.15) is 29.5 Å². The van der Waals surface area contributed by atoms with Crippen LogP contribution in [0.3, 0.4) is 0 Å². The number of nitro benzene ring substituents is 2. The molecule has 2 aromatic rings. The zero-order valence-electron chi connectivity index (χ0n) is 13.8. The molecule has 1 aliphatic heterocycles. The number of nitrogens with zero attached hydrogens (tertiary/aromatic N) is 2. The molecule has 1 N–H and O–H groups in total. The second-order valence-electron chi connectivity index (χ2n) is 6.56. The van der Waals surface area contributed by atoms with E-state index in [9.17, 15) is 20.2 Å². The number of allylic oxidation sites excluding steroid dienone is 2. The number of halogens is 2. The quantitative estimate of drug-likeness (QED) is 0.404. The molecule has 0 radical (unpaired) electrons. The molecule has 0 saturated carbocycles. The Bertz CT molecular complexity index is 1010. The second-order valence-corrected chi connectivity index (χ2v) is 7.37. The molecule has 4 rings (SSSR count). The maximum atomic E-state index is 11.5. The predicted molar refractivity (Wildman–Crippen MR) is 103 cm³/mol. The van der Waals surface area contributed by atoms with Crippen LogP contribution in [-0.2, 0) is 0 Å². The highest BCUT2D eigenvalue weighted by Gasteiger charge is 2.42. The fraction of sp³-hybridized carbons (Fsp3) is 0.222. The van der Waals surface area contributed by atoms with Crippen LogP contribution in [-0.4, -0.2) is 9.85 Å². The number of fused-ring (bicyclic) bond motifs is 3. The number of anilines is 1. The summed E-state index contributed by atoms with van der Waals surface area (Å²) >= 11 is 12.3. The summed E-state index contributed by atoms with van der Waals surface area (Å²) < 4.78 is 0. The highest BCUT2D eigenvalue weighted by atomic mass is 35.5. The van der Waals surface area contributed by atoms with Crippen LogP contribution in [0.5, 0.6) is 0 Å². The zero-order chi connectivity index (χ0) is 19.3. The van der Waals surface area contributed by atoms with E-state index in [1.54, 1.807) is 6.07 Å². The molecule has 0 saturated heterocycles. The highest BCUT2D eigenvalue weighted by Crippen LogP contribution is 2.54. The van der Waals surface area contributed by atoms with E-state index in [0.717, 1.165) is 0 Å². The standard InChI is InChI=1S/C18H13Cl2N3O4/c19-12-5-4-9(8-15(12)23(26)27)17-11-3-1-2-10(11)16-14(22(24)25)7-6-13(20)18(16)21-17/h1-2,4-8,10-11,17,21H,3H2/t10-,11+,17-/m0/s1. The zero-order valence-corrected chi connectivity index (χ0v) is 15.3. The minimum atomic E-state index is -0.523. The second kappa shape index (κ2) is 6.51. The summed E-state index contributed by atoms with van der Waals surface area (Å²) in [5, 5.41) is 26.5. The topological polar surface area (TPSA) is 98.3 Å². The number of hydrogen-bond donors (Lipinski definition) is 1. The van der Waals surface area contributed by atoms with Gasteiger partial charge in [0, 0.05) is 18.1 Å². The van der Waals surface area contributed by atoms with Gasteiger partial charge < -0.3 is 5.32 Å². The van der Waals surface area contributed by atoms with Gasteiger partial charge in [-0.15, -0.1) is 0 Å². The van der Waals surface area contributed by atoms with Crippen molar-refractivity contribution >= 4 is 40.3 Å². The lowest BCUT2D eigenvalue weighted by molar-refractivity contribution is -0.385. The normalized spacial score (nSPS) is 22.7. The van der Waals surface area contributed by atoms with Crippen molar-refractivity contribution in [1.82, 2.24) is 0 Å². The lowest BCUT2D eigenvalue weighted by atomic mass is 9.76. The smallest absolute Gasteiger partial charge is 0.288 e. The van der Waals surface area contributed by atoms with Gasteiger partial charge in [-0.05, 0) is 30.0 Å². The maximum absolute atomic E-state index is 11.5. The number of nitro groups is 2. The van der Waals surface area contributed by atoms with Crippen molar-refractivity contribution in [2.45, 2.75) is 18.4 Å². The molecule has 0 unspecified atom stereocenters. The first-order valence-corrected chi connectivity index (χ1v) is 8.98. The first-order valence-electron chi connectivity index (χ1n) is 8.22. The van der Waals surface area contributed by atoms with Crippen molar-refractivity contribution in [2.75, 3.05) is 5.32 Å². The van der Waals surface area contributed by atoms with Crippen LogP contribution in [0.25, 0.3) is 0 Å². The van der Waals surface area contributed by atoms with E-state index >= 15 is 0 Å². The van der Waals surface area contributed by atoms with Crippen LogP contribution in [0.2, 0.25) is 10.0 Å². The number of nitrogens with one attached hydrogen (secondary N) is 1. The molecule has 1 aliphatic carbocycles. The fourth-order valence-electron chi connectivity index (χ4n) is 4.01. The van der Waals surface area contributed by atoms with E-state index in [4.69, 9.17) is 23.2 Å². The van der Waals surface area contributed by atoms with Crippen LogP contribution >= 0.6 is 23.2 Å². The fourth-order valence-corrected chi connectivity index (χ4v) is 4.41. The lowest BCUT2D eigenvalue weighted by Gasteiger charge is -2.37. The minimum absolute atomic E-state index is 0.0176. The molecular formula is C18H13Cl2N3O4. The van der Waals surface area contributed by atoms with E-state index in [-0.39, 0.29) is 34.3 Å². The van der Waals surface area contributed by atoms with Gasteiger partial charge in [0.15, 0.2) is 0 Å². The molecule has 2 aromatic carbocycles. The molecule has 0 amide bonds. The van der Waals surface area contributed by atoms with Crippen molar-refractivity contribution in [2.24, 2.45) is 5.92 Å². The number of hydrogen-bond acceptors (Lipinski definition) is 5. The van der Waals surface area contributed by atoms with E-state index in [0.29, 0.717) is 28.3 Å². The summed E-state index contributed by atoms with van der Waals surface area (Å²) in [6, 6.07) is 7.31. The molecule has 1 heterocycles. The average molecular weight is 406 g/mol. The van der Waals surface area contributed by atoms with Gasteiger partial charge in [-0.1, -0.05) is 41.4 Å². The first kappa shape index (κ1) is 17.8. The summed E-state index contributed by atoms with van der Waals surface area (Å²) in [6.45, 7) is 0. The Morgan fingerprint density at radius 1 is 1.00 bits per heavy atom. The van der Waals surface area contributed by atoms with Gasteiger partial charge >= 0.3 is 0 Å².